The maximum Gasteiger partial charge on any atom is 0.405 e. The van der Waals surface area contributed by atoms with Gasteiger partial charge in [0.05, 0.1) is 18.4 Å². The number of alkyl halides is 3. The highest BCUT2D eigenvalue weighted by Gasteiger charge is 2.53. The summed E-state index contributed by atoms with van der Waals surface area (Å²) in [6.45, 7) is 3.80. The second-order valence-corrected chi connectivity index (χ2v) is 13.1. The van der Waals surface area contributed by atoms with E-state index in [4.69, 9.17) is 10.1 Å². The molecule has 4 aliphatic heterocycles. The maximum atomic E-state index is 13.3. The third kappa shape index (κ3) is 5.24. The van der Waals surface area contributed by atoms with Gasteiger partial charge < -0.3 is 19.9 Å². The first-order valence-corrected chi connectivity index (χ1v) is 15.2. The monoisotopic (exact) mass is 571 g/mol. The fraction of sp³-hybridized carbons (Fsp3) is 0.963. The molecule has 6 aliphatic rings. The zero-order chi connectivity index (χ0) is 28.3. The Labute approximate surface area is 236 Å². The highest BCUT2D eigenvalue weighted by Crippen LogP contribution is 2.41. The van der Waals surface area contributed by atoms with Gasteiger partial charge in [0.25, 0.3) is 0 Å². The van der Waals surface area contributed by atoms with Gasteiger partial charge >= 0.3 is 6.18 Å². The Morgan fingerprint density at radius 2 is 1.65 bits per heavy atom. The van der Waals surface area contributed by atoms with E-state index in [2.05, 4.69) is 43.3 Å². The van der Waals surface area contributed by atoms with Gasteiger partial charge in [-0.05, 0) is 70.3 Å². The minimum Gasteiger partial charge on any atom is -0.366 e. The molecule has 0 radical (unpaired) electrons. The van der Waals surface area contributed by atoms with E-state index in [1.54, 1.807) is 14.2 Å². The molecule has 2 saturated carbocycles. The van der Waals surface area contributed by atoms with E-state index in [1.165, 1.54) is 12.8 Å². The summed E-state index contributed by atoms with van der Waals surface area (Å²) in [6.07, 6.45) is 1.84. The zero-order valence-corrected chi connectivity index (χ0v) is 24.2. The molecule has 4 saturated heterocycles. The highest BCUT2D eigenvalue weighted by atomic mass is 19.4. The Morgan fingerprint density at radius 1 is 0.950 bits per heavy atom. The lowest BCUT2D eigenvalue weighted by Crippen LogP contribution is -2.73. The maximum absolute atomic E-state index is 13.3. The van der Waals surface area contributed by atoms with Gasteiger partial charge in [0.15, 0.2) is 5.96 Å². The van der Waals surface area contributed by atoms with Gasteiger partial charge in [0, 0.05) is 51.9 Å². The van der Waals surface area contributed by atoms with Crippen molar-refractivity contribution in [2.24, 2.45) is 23.7 Å². The van der Waals surface area contributed by atoms with Crippen molar-refractivity contribution in [2.45, 2.75) is 101 Å². The molecule has 0 aromatic carbocycles. The standard InChI is InChI=1S/C27H48F3N9O/c1-14(15-5-9-17(10-6-15)23-35-19(12-37(23)2)27(28,29)30)39-24-18(38(3)26(39)31)11-32-22(36-24)20-21(16-7-8-16)33-13-34-25(20)40-4/h14-25,31-36H,5-13H2,1-4H3/t14-,15?,17?,18?,19?,20?,21?,22?,23?,24?,25?/m1/s1. The van der Waals surface area contributed by atoms with Crippen LogP contribution in [0, 0.1) is 29.1 Å². The van der Waals surface area contributed by atoms with Gasteiger partial charge in [-0.2, -0.15) is 13.2 Å². The lowest BCUT2D eigenvalue weighted by Gasteiger charge is -2.49. The fourth-order valence-corrected chi connectivity index (χ4v) is 8.44. The number of nitrogens with zero attached hydrogens (tertiary/aromatic N) is 3. The average Bonchev–Trinajstić information content (AvgIpc) is 3.67. The van der Waals surface area contributed by atoms with Crippen LogP contribution in [-0.2, 0) is 4.74 Å². The van der Waals surface area contributed by atoms with Gasteiger partial charge in [-0.3, -0.25) is 31.6 Å². The van der Waals surface area contributed by atoms with E-state index in [-0.39, 0.29) is 55.2 Å². The van der Waals surface area contributed by atoms with Crippen LogP contribution < -0.4 is 26.6 Å². The highest BCUT2D eigenvalue weighted by molar-refractivity contribution is 5.80. The van der Waals surface area contributed by atoms with Crippen LogP contribution in [0.2, 0.25) is 0 Å². The molecule has 0 amide bonds. The first kappa shape index (κ1) is 28.9. The molecule has 2 aliphatic carbocycles. The molecule has 6 N–H and O–H groups in total. The number of halogens is 3. The number of guanidine groups is 1. The second kappa shape index (κ2) is 11.1. The number of likely N-dealkylation sites (N-methyl/N-ethyl adjacent to an activating group) is 2. The van der Waals surface area contributed by atoms with Gasteiger partial charge in [-0.1, -0.05) is 0 Å². The minimum absolute atomic E-state index is 0.0171. The van der Waals surface area contributed by atoms with E-state index in [0.717, 1.165) is 38.9 Å². The molecule has 9 atom stereocenters. The first-order valence-electron chi connectivity index (χ1n) is 15.2. The van der Waals surface area contributed by atoms with Crippen molar-refractivity contribution in [3.8, 4) is 0 Å². The number of ether oxygens (including phenoxy) is 1. The molecule has 4 heterocycles. The Hall–Kier alpha value is -1.22. The van der Waals surface area contributed by atoms with E-state index in [0.29, 0.717) is 23.8 Å². The smallest absolute Gasteiger partial charge is 0.366 e. The molecule has 8 unspecified atom stereocenters. The van der Waals surface area contributed by atoms with Gasteiger partial charge in [0.1, 0.15) is 18.4 Å². The summed E-state index contributed by atoms with van der Waals surface area (Å²) in [5.74, 6) is 2.06. The molecule has 6 fully saturated rings. The number of hydrogen-bond acceptors (Lipinski definition) is 8. The van der Waals surface area contributed by atoms with Crippen LogP contribution in [0.5, 0.6) is 0 Å². The topological polar surface area (TPSA) is 103 Å². The minimum atomic E-state index is -4.21. The van der Waals surface area contributed by atoms with Crippen molar-refractivity contribution in [2.75, 3.05) is 41.0 Å². The molecular formula is C27H48F3N9O. The van der Waals surface area contributed by atoms with Crippen LogP contribution in [-0.4, -0.2) is 117 Å². The van der Waals surface area contributed by atoms with E-state index in [1.807, 2.05) is 11.9 Å². The van der Waals surface area contributed by atoms with Crippen LogP contribution in [0.3, 0.4) is 0 Å². The average molecular weight is 572 g/mol. The number of methoxy groups -OCH3 is 1. The molecular weight excluding hydrogens is 523 g/mol. The van der Waals surface area contributed by atoms with Crippen LogP contribution >= 0.6 is 0 Å². The Kier molecular flexibility index (Phi) is 8.03. The summed E-state index contributed by atoms with van der Waals surface area (Å²) in [5, 5.41) is 26.8. The molecule has 0 bridgehead atoms. The summed E-state index contributed by atoms with van der Waals surface area (Å²) in [6, 6.07) is -0.744. The number of nitrogens with one attached hydrogen (secondary N) is 6. The van der Waals surface area contributed by atoms with Crippen LogP contribution in [0.4, 0.5) is 13.2 Å². The van der Waals surface area contributed by atoms with Crippen molar-refractivity contribution in [1.29, 1.82) is 5.41 Å². The third-order valence-corrected chi connectivity index (χ3v) is 10.9. The second-order valence-electron chi connectivity index (χ2n) is 13.1. The normalized spacial score (nSPS) is 44.2. The van der Waals surface area contributed by atoms with Crippen molar-refractivity contribution in [3.63, 3.8) is 0 Å². The largest absolute Gasteiger partial charge is 0.405 e. The van der Waals surface area contributed by atoms with Gasteiger partial charge in [0.2, 0.25) is 0 Å². The number of fused-ring (bicyclic) bond motifs is 1. The summed E-state index contributed by atoms with van der Waals surface area (Å²) in [7, 11) is 5.59. The Bertz CT molecular complexity index is 914. The van der Waals surface area contributed by atoms with Crippen molar-refractivity contribution >= 4 is 5.96 Å². The molecule has 0 aromatic heterocycles. The van der Waals surface area contributed by atoms with Gasteiger partial charge in [-0.15, -0.1) is 0 Å². The Morgan fingerprint density at radius 3 is 2.27 bits per heavy atom. The van der Waals surface area contributed by atoms with Crippen molar-refractivity contribution < 1.29 is 17.9 Å². The molecule has 40 heavy (non-hydrogen) atoms. The molecule has 0 aromatic rings. The summed E-state index contributed by atoms with van der Waals surface area (Å²) in [5.41, 5.74) is 0. The van der Waals surface area contributed by atoms with Crippen molar-refractivity contribution in [1.82, 2.24) is 41.3 Å². The molecule has 13 heteroatoms. The predicted molar refractivity (Wildman–Crippen MR) is 146 cm³/mol. The van der Waals surface area contributed by atoms with Crippen LogP contribution in [0.1, 0.15) is 45.4 Å². The molecule has 10 nitrogen and oxygen atoms in total. The predicted octanol–water partition coefficient (Wildman–Crippen LogP) is 0.887. The fourth-order valence-electron chi connectivity index (χ4n) is 8.44. The quantitative estimate of drug-likeness (QED) is 0.278. The SMILES string of the molecule is COC1NCNC(C2CC2)C1C1NCC2C(N1)N([C@H](C)C1CCC(C3NC(C(F)(F)F)CN3C)CC1)C(=N)N2C. The van der Waals surface area contributed by atoms with Crippen molar-refractivity contribution in [3.05, 3.63) is 0 Å². The first-order chi connectivity index (χ1) is 19.1. The third-order valence-electron chi connectivity index (χ3n) is 10.9. The van der Waals surface area contributed by atoms with Crippen LogP contribution in [0.25, 0.3) is 0 Å². The van der Waals surface area contributed by atoms with E-state index < -0.39 is 12.2 Å². The summed E-state index contributed by atoms with van der Waals surface area (Å²) < 4.78 is 45.9. The van der Waals surface area contributed by atoms with E-state index >= 15 is 0 Å². The van der Waals surface area contributed by atoms with E-state index in [9.17, 15) is 13.2 Å². The molecule has 0 spiro atoms. The van der Waals surface area contributed by atoms with Crippen LogP contribution in [0.15, 0.2) is 0 Å². The lowest BCUT2D eigenvalue weighted by atomic mass is 9.77. The summed E-state index contributed by atoms with van der Waals surface area (Å²) in [4.78, 5) is 6.21. The zero-order valence-electron chi connectivity index (χ0n) is 24.2. The number of rotatable bonds is 6. The molecule has 6 rings (SSSR count). The van der Waals surface area contributed by atoms with Gasteiger partial charge in [-0.25, -0.2) is 0 Å². The molecule has 228 valence electrons. The lowest BCUT2D eigenvalue weighted by molar-refractivity contribution is -0.150. The number of hydrogen-bond donors (Lipinski definition) is 6. The summed E-state index contributed by atoms with van der Waals surface area (Å²) >= 11 is 0. The Balaban J connectivity index is 1.11.